The van der Waals surface area contributed by atoms with E-state index in [0.29, 0.717) is 10.6 Å². The van der Waals surface area contributed by atoms with Gasteiger partial charge in [0.05, 0.1) is 11.1 Å². The Kier molecular flexibility index (Phi) is 3.38. The predicted molar refractivity (Wildman–Crippen MR) is 70.6 cm³/mol. The number of aromatic nitrogens is 1. The summed E-state index contributed by atoms with van der Waals surface area (Å²) in [5.41, 5.74) is 1.71. The van der Waals surface area contributed by atoms with Crippen molar-refractivity contribution in [2.24, 2.45) is 0 Å². The van der Waals surface area contributed by atoms with Gasteiger partial charge in [-0.3, -0.25) is 4.79 Å². The highest BCUT2D eigenvalue weighted by molar-refractivity contribution is 6.31. The zero-order valence-electron chi connectivity index (χ0n) is 9.96. The van der Waals surface area contributed by atoms with Crippen LogP contribution in [0.3, 0.4) is 0 Å². The summed E-state index contributed by atoms with van der Waals surface area (Å²) >= 11 is 6.00. The SMILES string of the molecule is CCCn1cc(C(=O)NC)c2ccc(Cl)cc21. The largest absolute Gasteiger partial charge is 0.355 e. The molecule has 0 atom stereocenters. The minimum absolute atomic E-state index is 0.0628. The minimum Gasteiger partial charge on any atom is -0.355 e. The fourth-order valence-corrected chi connectivity index (χ4v) is 2.17. The van der Waals surface area contributed by atoms with E-state index in [0.717, 1.165) is 23.9 Å². The molecule has 2 rings (SSSR count). The number of amides is 1. The number of carbonyl (C=O) groups is 1. The van der Waals surface area contributed by atoms with E-state index < -0.39 is 0 Å². The van der Waals surface area contributed by atoms with Crippen LogP contribution in [0.1, 0.15) is 23.7 Å². The monoisotopic (exact) mass is 250 g/mol. The van der Waals surface area contributed by atoms with Crippen LogP contribution in [0.2, 0.25) is 5.02 Å². The van der Waals surface area contributed by atoms with Crippen molar-refractivity contribution in [1.82, 2.24) is 9.88 Å². The molecule has 1 amide bonds. The van der Waals surface area contributed by atoms with E-state index in [1.807, 2.05) is 24.4 Å². The summed E-state index contributed by atoms with van der Waals surface area (Å²) in [6.45, 7) is 2.99. The quantitative estimate of drug-likeness (QED) is 0.893. The third-order valence-electron chi connectivity index (χ3n) is 2.78. The number of benzene rings is 1. The molecule has 1 N–H and O–H groups in total. The lowest BCUT2D eigenvalue weighted by molar-refractivity contribution is 0.0964. The van der Waals surface area contributed by atoms with Crippen LogP contribution < -0.4 is 5.32 Å². The van der Waals surface area contributed by atoms with Gasteiger partial charge in [0.25, 0.3) is 5.91 Å². The van der Waals surface area contributed by atoms with Crippen molar-refractivity contribution in [1.29, 1.82) is 0 Å². The van der Waals surface area contributed by atoms with Gasteiger partial charge in [-0.25, -0.2) is 0 Å². The smallest absolute Gasteiger partial charge is 0.253 e. The molecule has 0 aliphatic heterocycles. The Labute approximate surface area is 105 Å². The van der Waals surface area contributed by atoms with Crippen LogP contribution in [-0.2, 0) is 6.54 Å². The van der Waals surface area contributed by atoms with Crippen molar-refractivity contribution in [2.45, 2.75) is 19.9 Å². The summed E-state index contributed by atoms with van der Waals surface area (Å²) in [6.07, 6.45) is 2.91. The Morgan fingerprint density at radius 2 is 2.24 bits per heavy atom. The van der Waals surface area contributed by atoms with Crippen LogP contribution in [0, 0.1) is 0 Å². The average Bonchev–Trinajstić information content (AvgIpc) is 2.67. The standard InChI is InChI=1S/C13H15ClN2O/c1-3-6-16-8-11(13(17)15-2)10-5-4-9(14)7-12(10)16/h4-5,7-8H,3,6H2,1-2H3,(H,15,17). The topological polar surface area (TPSA) is 34.0 Å². The van der Waals surface area contributed by atoms with Gasteiger partial charge in [-0.15, -0.1) is 0 Å². The Morgan fingerprint density at radius 3 is 2.88 bits per heavy atom. The van der Waals surface area contributed by atoms with Gasteiger partial charge in [0.2, 0.25) is 0 Å². The molecule has 1 aromatic heterocycles. The fraction of sp³-hybridized carbons (Fsp3) is 0.308. The predicted octanol–water partition coefficient (Wildman–Crippen LogP) is 3.06. The Hall–Kier alpha value is -1.48. The molecule has 0 bridgehead atoms. The molecule has 2 aromatic rings. The number of nitrogens with zero attached hydrogens (tertiary/aromatic N) is 1. The van der Waals surface area contributed by atoms with Gasteiger partial charge in [-0.2, -0.15) is 0 Å². The van der Waals surface area contributed by atoms with Crippen LogP contribution in [0.15, 0.2) is 24.4 Å². The van der Waals surface area contributed by atoms with E-state index in [1.165, 1.54) is 0 Å². The van der Waals surface area contributed by atoms with Gasteiger partial charge in [0, 0.05) is 30.2 Å². The highest BCUT2D eigenvalue weighted by atomic mass is 35.5. The van der Waals surface area contributed by atoms with Crippen LogP contribution in [0.5, 0.6) is 0 Å². The molecule has 90 valence electrons. The maximum Gasteiger partial charge on any atom is 0.253 e. The number of hydrogen-bond donors (Lipinski definition) is 1. The van der Waals surface area contributed by atoms with Crippen LogP contribution in [-0.4, -0.2) is 17.5 Å². The van der Waals surface area contributed by atoms with Crippen LogP contribution >= 0.6 is 11.6 Å². The molecule has 4 heteroatoms. The first-order chi connectivity index (χ1) is 8.17. The number of aryl methyl sites for hydroxylation is 1. The highest BCUT2D eigenvalue weighted by Crippen LogP contribution is 2.25. The molecular formula is C13H15ClN2O. The van der Waals surface area contributed by atoms with E-state index in [4.69, 9.17) is 11.6 Å². The maximum atomic E-state index is 11.8. The normalized spacial score (nSPS) is 10.8. The third-order valence-corrected chi connectivity index (χ3v) is 3.02. The Balaban J connectivity index is 2.66. The lowest BCUT2D eigenvalue weighted by atomic mass is 10.1. The van der Waals surface area contributed by atoms with Crippen LogP contribution in [0.25, 0.3) is 10.9 Å². The van der Waals surface area contributed by atoms with Gasteiger partial charge < -0.3 is 9.88 Å². The lowest BCUT2D eigenvalue weighted by Crippen LogP contribution is -2.17. The minimum atomic E-state index is -0.0628. The van der Waals surface area contributed by atoms with Crippen LogP contribution in [0.4, 0.5) is 0 Å². The number of nitrogens with one attached hydrogen (secondary N) is 1. The van der Waals surface area contributed by atoms with Crippen molar-refractivity contribution < 1.29 is 4.79 Å². The molecule has 3 nitrogen and oxygen atoms in total. The second-order valence-corrected chi connectivity index (χ2v) is 4.41. The number of halogens is 1. The Bertz CT molecular complexity index is 560. The number of fused-ring (bicyclic) bond motifs is 1. The van der Waals surface area contributed by atoms with Gasteiger partial charge in [0.15, 0.2) is 0 Å². The van der Waals surface area contributed by atoms with E-state index >= 15 is 0 Å². The first-order valence-electron chi connectivity index (χ1n) is 5.67. The molecule has 0 unspecified atom stereocenters. The molecule has 0 fully saturated rings. The molecule has 1 aromatic carbocycles. The summed E-state index contributed by atoms with van der Waals surface area (Å²) in [5.74, 6) is -0.0628. The lowest BCUT2D eigenvalue weighted by Gasteiger charge is -2.02. The van der Waals surface area contributed by atoms with Gasteiger partial charge >= 0.3 is 0 Å². The van der Waals surface area contributed by atoms with Gasteiger partial charge in [0.1, 0.15) is 0 Å². The summed E-state index contributed by atoms with van der Waals surface area (Å²) in [6, 6.07) is 5.61. The van der Waals surface area contributed by atoms with Crippen molar-refractivity contribution in [3.8, 4) is 0 Å². The molecule has 0 aliphatic rings. The van der Waals surface area contributed by atoms with Crippen molar-refractivity contribution in [2.75, 3.05) is 7.05 Å². The fourth-order valence-electron chi connectivity index (χ4n) is 2.01. The van der Waals surface area contributed by atoms with Crippen molar-refractivity contribution >= 4 is 28.4 Å². The molecule has 0 spiro atoms. The zero-order valence-corrected chi connectivity index (χ0v) is 10.7. The average molecular weight is 251 g/mol. The maximum absolute atomic E-state index is 11.8. The van der Waals surface area contributed by atoms with E-state index in [9.17, 15) is 4.79 Å². The van der Waals surface area contributed by atoms with E-state index in [2.05, 4.69) is 16.8 Å². The van der Waals surface area contributed by atoms with Crippen molar-refractivity contribution in [3.05, 3.63) is 35.0 Å². The second-order valence-electron chi connectivity index (χ2n) is 3.98. The molecule has 0 saturated heterocycles. The Morgan fingerprint density at radius 1 is 1.47 bits per heavy atom. The van der Waals surface area contributed by atoms with Gasteiger partial charge in [-0.05, 0) is 18.6 Å². The first kappa shape index (κ1) is 12.0. The van der Waals surface area contributed by atoms with E-state index in [1.54, 1.807) is 7.05 Å². The zero-order chi connectivity index (χ0) is 12.4. The third kappa shape index (κ3) is 2.15. The molecule has 0 saturated carbocycles. The molecule has 0 aliphatic carbocycles. The summed E-state index contributed by atoms with van der Waals surface area (Å²) in [4.78, 5) is 11.8. The van der Waals surface area contributed by atoms with Crippen molar-refractivity contribution in [3.63, 3.8) is 0 Å². The summed E-state index contributed by atoms with van der Waals surface area (Å²) in [5, 5.41) is 4.30. The number of carbonyl (C=O) groups excluding carboxylic acids is 1. The summed E-state index contributed by atoms with van der Waals surface area (Å²) in [7, 11) is 1.64. The highest BCUT2D eigenvalue weighted by Gasteiger charge is 2.13. The molecule has 17 heavy (non-hydrogen) atoms. The molecule has 1 heterocycles. The number of hydrogen-bond acceptors (Lipinski definition) is 1. The number of rotatable bonds is 3. The molecular weight excluding hydrogens is 236 g/mol. The van der Waals surface area contributed by atoms with E-state index in [-0.39, 0.29) is 5.91 Å². The molecule has 0 radical (unpaired) electrons. The first-order valence-corrected chi connectivity index (χ1v) is 6.05. The summed E-state index contributed by atoms with van der Waals surface area (Å²) < 4.78 is 2.08. The van der Waals surface area contributed by atoms with Gasteiger partial charge in [-0.1, -0.05) is 24.6 Å². The second kappa shape index (κ2) is 4.80.